The van der Waals surface area contributed by atoms with Crippen LogP contribution in [-0.2, 0) is 5.88 Å². The number of halogens is 1. The molecule has 2 nitrogen and oxygen atoms in total. The number of imidazole rings is 1. The van der Waals surface area contributed by atoms with Gasteiger partial charge in [0.1, 0.15) is 5.82 Å². The van der Waals surface area contributed by atoms with E-state index in [4.69, 9.17) is 16.6 Å². The third-order valence-corrected chi connectivity index (χ3v) is 4.55. The Kier molecular flexibility index (Phi) is 3.53. The fourth-order valence-electron chi connectivity index (χ4n) is 3.40. The summed E-state index contributed by atoms with van der Waals surface area (Å²) in [6.45, 7) is 4.47. The van der Waals surface area contributed by atoms with Gasteiger partial charge >= 0.3 is 0 Å². The van der Waals surface area contributed by atoms with Crippen molar-refractivity contribution in [3.8, 4) is 0 Å². The van der Waals surface area contributed by atoms with Crippen molar-refractivity contribution in [2.45, 2.75) is 51.5 Å². The van der Waals surface area contributed by atoms with Gasteiger partial charge in [0.25, 0.3) is 0 Å². The monoisotopic (exact) mass is 276 g/mol. The van der Waals surface area contributed by atoms with Crippen LogP contribution in [0.4, 0.5) is 0 Å². The topological polar surface area (TPSA) is 17.8 Å². The fraction of sp³-hybridized carbons (Fsp3) is 0.562. The molecule has 1 heterocycles. The second-order valence-electron chi connectivity index (χ2n) is 5.95. The molecule has 1 aliphatic carbocycles. The SMILES string of the molecule is Cc1ccc2c(c1)nc(CCl)n2C1CCCC(C)C1. The molecule has 3 rings (SSSR count). The number of hydrogen-bond donors (Lipinski definition) is 0. The lowest BCUT2D eigenvalue weighted by Crippen LogP contribution is -2.19. The summed E-state index contributed by atoms with van der Waals surface area (Å²) >= 11 is 6.12. The van der Waals surface area contributed by atoms with Crippen molar-refractivity contribution in [1.29, 1.82) is 0 Å². The Hall–Kier alpha value is -1.02. The Bertz CT molecular complexity index is 588. The number of aryl methyl sites for hydroxylation is 1. The Morgan fingerprint density at radius 1 is 1.37 bits per heavy atom. The van der Waals surface area contributed by atoms with Crippen molar-refractivity contribution < 1.29 is 0 Å². The summed E-state index contributed by atoms with van der Waals surface area (Å²) in [5.74, 6) is 2.34. The van der Waals surface area contributed by atoms with E-state index >= 15 is 0 Å². The van der Waals surface area contributed by atoms with Gasteiger partial charge in [0.2, 0.25) is 0 Å². The van der Waals surface area contributed by atoms with Gasteiger partial charge in [-0.1, -0.05) is 25.8 Å². The molecule has 2 unspecified atom stereocenters. The Morgan fingerprint density at radius 2 is 2.21 bits per heavy atom. The third-order valence-electron chi connectivity index (χ3n) is 4.31. The first kappa shape index (κ1) is 13.0. The molecular weight excluding hydrogens is 256 g/mol. The van der Waals surface area contributed by atoms with Crippen LogP contribution < -0.4 is 0 Å². The predicted molar refractivity (Wildman–Crippen MR) is 80.7 cm³/mol. The van der Waals surface area contributed by atoms with E-state index in [9.17, 15) is 0 Å². The van der Waals surface area contributed by atoms with Crippen LogP contribution in [0.1, 0.15) is 50.0 Å². The van der Waals surface area contributed by atoms with Crippen LogP contribution in [0.15, 0.2) is 18.2 Å². The zero-order chi connectivity index (χ0) is 13.4. The normalized spacial score (nSPS) is 23.9. The van der Waals surface area contributed by atoms with Gasteiger partial charge in [0.05, 0.1) is 16.9 Å². The van der Waals surface area contributed by atoms with Gasteiger partial charge in [-0.05, 0) is 43.4 Å². The lowest BCUT2D eigenvalue weighted by Gasteiger charge is -2.29. The Balaban J connectivity index is 2.10. The Morgan fingerprint density at radius 3 is 2.95 bits per heavy atom. The minimum absolute atomic E-state index is 0.499. The molecule has 1 aromatic heterocycles. The number of alkyl halides is 1. The van der Waals surface area contributed by atoms with Crippen molar-refractivity contribution in [2.75, 3.05) is 0 Å². The van der Waals surface area contributed by atoms with Crippen LogP contribution in [0, 0.1) is 12.8 Å². The highest BCUT2D eigenvalue weighted by molar-refractivity contribution is 6.16. The predicted octanol–water partition coefficient (Wildman–Crippen LogP) is 4.83. The van der Waals surface area contributed by atoms with E-state index in [0.717, 1.165) is 17.3 Å². The molecule has 0 radical (unpaired) electrons. The number of nitrogens with zero attached hydrogens (tertiary/aromatic N) is 2. The minimum Gasteiger partial charge on any atom is -0.324 e. The quantitative estimate of drug-likeness (QED) is 0.718. The first-order valence-corrected chi connectivity index (χ1v) is 7.76. The number of fused-ring (bicyclic) bond motifs is 1. The summed E-state index contributed by atoms with van der Waals surface area (Å²) in [4.78, 5) is 4.72. The first-order chi connectivity index (χ1) is 9.19. The molecule has 102 valence electrons. The number of aromatic nitrogens is 2. The van der Waals surface area contributed by atoms with Gasteiger partial charge in [-0.2, -0.15) is 0 Å². The maximum Gasteiger partial charge on any atom is 0.125 e. The second kappa shape index (κ2) is 5.16. The summed E-state index contributed by atoms with van der Waals surface area (Å²) < 4.78 is 2.40. The van der Waals surface area contributed by atoms with E-state index < -0.39 is 0 Å². The van der Waals surface area contributed by atoms with Crippen LogP contribution in [0.25, 0.3) is 11.0 Å². The maximum absolute atomic E-state index is 6.12. The third kappa shape index (κ3) is 2.38. The van der Waals surface area contributed by atoms with Crippen molar-refractivity contribution in [2.24, 2.45) is 5.92 Å². The van der Waals surface area contributed by atoms with Crippen LogP contribution in [-0.4, -0.2) is 9.55 Å². The van der Waals surface area contributed by atoms with Crippen LogP contribution in [0.3, 0.4) is 0 Å². The van der Waals surface area contributed by atoms with E-state index in [1.54, 1.807) is 0 Å². The van der Waals surface area contributed by atoms with Gasteiger partial charge in [0, 0.05) is 6.04 Å². The molecule has 0 saturated heterocycles. The highest BCUT2D eigenvalue weighted by atomic mass is 35.5. The number of hydrogen-bond acceptors (Lipinski definition) is 1. The minimum atomic E-state index is 0.499. The molecule has 0 spiro atoms. The molecule has 1 fully saturated rings. The molecule has 2 aromatic rings. The smallest absolute Gasteiger partial charge is 0.125 e. The lowest BCUT2D eigenvalue weighted by atomic mass is 9.87. The zero-order valence-corrected chi connectivity index (χ0v) is 12.5. The number of rotatable bonds is 2. The molecule has 3 heteroatoms. The van der Waals surface area contributed by atoms with Gasteiger partial charge in [-0.15, -0.1) is 11.6 Å². The van der Waals surface area contributed by atoms with Crippen LogP contribution in [0.5, 0.6) is 0 Å². The standard InChI is InChI=1S/C16H21ClN2/c1-11-4-3-5-13(8-11)19-15-7-6-12(2)9-14(15)18-16(19)10-17/h6-7,9,11,13H,3-5,8,10H2,1-2H3. The molecule has 1 aliphatic rings. The van der Waals surface area contributed by atoms with Crippen molar-refractivity contribution in [3.63, 3.8) is 0 Å². The van der Waals surface area contributed by atoms with E-state index in [1.807, 2.05) is 0 Å². The highest BCUT2D eigenvalue weighted by Crippen LogP contribution is 2.35. The van der Waals surface area contributed by atoms with E-state index in [-0.39, 0.29) is 0 Å². The molecule has 2 atom stereocenters. The summed E-state index contributed by atoms with van der Waals surface area (Å²) in [5.41, 5.74) is 3.60. The fourth-order valence-corrected chi connectivity index (χ4v) is 3.59. The summed E-state index contributed by atoms with van der Waals surface area (Å²) in [7, 11) is 0. The van der Waals surface area contributed by atoms with Crippen LogP contribution >= 0.6 is 11.6 Å². The second-order valence-corrected chi connectivity index (χ2v) is 6.22. The van der Waals surface area contributed by atoms with Gasteiger partial charge < -0.3 is 4.57 Å². The zero-order valence-electron chi connectivity index (χ0n) is 11.7. The van der Waals surface area contributed by atoms with E-state index in [1.165, 1.54) is 36.8 Å². The van der Waals surface area contributed by atoms with Crippen molar-refractivity contribution in [3.05, 3.63) is 29.6 Å². The lowest BCUT2D eigenvalue weighted by molar-refractivity contribution is 0.283. The summed E-state index contributed by atoms with van der Waals surface area (Å²) in [6.07, 6.45) is 5.19. The van der Waals surface area contributed by atoms with E-state index in [2.05, 4.69) is 36.6 Å². The van der Waals surface area contributed by atoms with Gasteiger partial charge in [-0.25, -0.2) is 4.98 Å². The Labute approximate surface area is 119 Å². The summed E-state index contributed by atoms with van der Waals surface area (Å²) in [5, 5.41) is 0. The van der Waals surface area contributed by atoms with Gasteiger partial charge in [-0.3, -0.25) is 0 Å². The molecule has 0 N–H and O–H groups in total. The number of benzene rings is 1. The highest BCUT2D eigenvalue weighted by Gasteiger charge is 2.24. The molecule has 0 aliphatic heterocycles. The molecule has 0 amide bonds. The van der Waals surface area contributed by atoms with E-state index in [0.29, 0.717) is 11.9 Å². The van der Waals surface area contributed by atoms with Crippen LogP contribution in [0.2, 0.25) is 0 Å². The molecule has 0 bridgehead atoms. The molecule has 1 aromatic carbocycles. The van der Waals surface area contributed by atoms with Crippen molar-refractivity contribution in [1.82, 2.24) is 9.55 Å². The largest absolute Gasteiger partial charge is 0.324 e. The van der Waals surface area contributed by atoms with Crippen molar-refractivity contribution >= 4 is 22.6 Å². The average molecular weight is 277 g/mol. The average Bonchev–Trinajstić information content (AvgIpc) is 2.76. The molecule has 19 heavy (non-hydrogen) atoms. The molecular formula is C16H21ClN2. The maximum atomic E-state index is 6.12. The summed E-state index contributed by atoms with van der Waals surface area (Å²) in [6, 6.07) is 7.11. The molecule has 1 saturated carbocycles. The van der Waals surface area contributed by atoms with Gasteiger partial charge in [0.15, 0.2) is 0 Å². The first-order valence-electron chi connectivity index (χ1n) is 7.22.